The maximum atomic E-state index is 9.45. The van der Waals surface area contributed by atoms with Crippen LogP contribution in [0.3, 0.4) is 0 Å². The van der Waals surface area contributed by atoms with Gasteiger partial charge < -0.3 is 15.3 Å². The van der Waals surface area contributed by atoms with Crippen LogP contribution in [0.2, 0.25) is 0 Å². The first-order valence-electron chi connectivity index (χ1n) is 8.53. The summed E-state index contributed by atoms with van der Waals surface area (Å²) in [5.74, 6) is 0. The van der Waals surface area contributed by atoms with E-state index in [1.807, 2.05) is 6.92 Å². The standard InChI is InChI=1S/C17H36N2O/c1-15(2)18-13-17(10-7-5-6-8-11-17)14-19(4)12-9-16(3)20/h15-16,18,20H,5-14H2,1-4H3. The monoisotopic (exact) mass is 284 g/mol. The van der Waals surface area contributed by atoms with Gasteiger partial charge in [-0.2, -0.15) is 0 Å². The number of nitrogens with one attached hydrogen (secondary N) is 1. The summed E-state index contributed by atoms with van der Waals surface area (Å²) >= 11 is 0. The van der Waals surface area contributed by atoms with E-state index in [-0.39, 0.29) is 6.10 Å². The zero-order chi connectivity index (χ0) is 15.0. The second-order valence-corrected chi connectivity index (χ2v) is 7.33. The van der Waals surface area contributed by atoms with Crippen molar-refractivity contribution in [1.82, 2.24) is 10.2 Å². The van der Waals surface area contributed by atoms with Crippen LogP contribution in [0.1, 0.15) is 65.7 Å². The molecule has 1 atom stereocenters. The second kappa shape index (κ2) is 9.01. The predicted molar refractivity (Wildman–Crippen MR) is 87.1 cm³/mol. The molecule has 1 aliphatic carbocycles. The highest BCUT2D eigenvalue weighted by Gasteiger charge is 2.32. The summed E-state index contributed by atoms with van der Waals surface area (Å²) in [5.41, 5.74) is 0.439. The smallest absolute Gasteiger partial charge is 0.0524 e. The van der Waals surface area contributed by atoms with Crippen LogP contribution in [0, 0.1) is 5.41 Å². The fourth-order valence-corrected chi connectivity index (χ4v) is 3.35. The van der Waals surface area contributed by atoms with E-state index in [0.717, 1.165) is 19.5 Å². The van der Waals surface area contributed by atoms with Crippen molar-refractivity contribution in [2.75, 3.05) is 26.7 Å². The largest absolute Gasteiger partial charge is 0.393 e. The zero-order valence-corrected chi connectivity index (χ0v) is 14.1. The summed E-state index contributed by atoms with van der Waals surface area (Å²) in [7, 11) is 2.21. The highest BCUT2D eigenvalue weighted by Crippen LogP contribution is 2.35. The van der Waals surface area contributed by atoms with Crippen LogP contribution in [0.15, 0.2) is 0 Å². The van der Waals surface area contributed by atoms with Gasteiger partial charge >= 0.3 is 0 Å². The fourth-order valence-electron chi connectivity index (χ4n) is 3.35. The molecule has 0 aliphatic heterocycles. The van der Waals surface area contributed by atoms with Gasteiger partial charge in [-0.1, -0.05) is 39.5 Å². The molecule has 20 heavy (non-hydrogen) atoms. The van der Waals surface area contributed by atoms with Gasteiger partial charge in [0.1, 0.15) is 0 Å². The number of nitrogens with zero attached hydrogens (tertiary/aromatic N) is 1. The SMILES string of the molecule is CC(O)CCN(C)CC1(CNC(C)C)CCCCCC1. The van der Waals surface area contributed by atoms with Crippen LogP contribution >= 0.6 is 0 Å². The van der Waals surface area contributed by atoms with Crippen molar-refractivity contribution >= 4 is 0 Å². The lowest BCUT2D eigenvalue weighted by molar-refractivity contribution is 0.119. The Hall–Kier alpha value is -0.120. The van der Waals surface area contributed by atoms with Crippen LogP contribution in [0.4, 0.5) is 0 Å². The highest BCUT2D eigenvalue weighted by atomic mass is 16.3. The van der Waals surface area contributed by atoms with E-state index in [9.17, 15) is 5.11 Å². The third kappa shape index (κ3) is 7.05. The number of hydrogen-bond acceptors (Lipinski definition) is 3. The van der Waals surface area contributed by atoms with E-state index < -0.39 is 0 Å². The summed E-state index contributed by atoms with van der Waals surface area (Å²) < 4.78 is 0. The fraction of sp³-hybridized carbons (Fsp3) is 1.00. The first-order valence-corrected chi connectivity index (χ1v) is 8.53. The van der Waals surface area contributed by atoms with Crippen molar-refractivity contribution in [3.05, 3.63) is 0 Å². The van der Waals surface area contributed by atoms with Crippen molar-refractivity contribution in [2.24, 2.45) is 5.41 Å². The molecule has 0 aromatic heterocycles. The minimum Gasteiger partial charge on any atom is -0.393 e. The van der Waals surface area contributed by atoms with Gasteiger partial charge in [-0.05, 0) is 38.6 Å². The predicted octanol–water partition coefficient (Wildman–Crippen LogP) is 3.03. The Morgan fingerprint density at radius 2 is 1.70 bits per heavy atom. The number of hydrogen-bond donors (Lipinski definition) is 2. The molecule has 0 saturated heterocycles. The molecular weight excluding hydrogens is 248 g/mol. The van der Waals surface area contributed by atoms with Crippen molar-refractivity contribution in [3.63, 3.8) is 0 Å². The summed E-state index contributed by atoms with van der Waals surface area (Å²) in [6.45, 7) is 9.67. The molecule has 3 nitrogen and oxygen atoms in total. The minimum atomic E-state index is -0.184. The third-order valence-corrected chi connectivity index (χ3v) is 4.58. The molecule has 0 amide bonds. The van der Waals surface area contributed by atoms with Crippen molar-refractivity contribution in [2.45, 2.75) is 77.9 Å². The van der Waals surface area contributed by atoms with E-state index in [1.165, 1.54) is 45.1 Å². The molecule has 0 aromatic rings. The third-order valence-electron chi connectivity index (χ3n) is 4.58. The normalized spacial score (nSPS) is 21.1. The van der Waals surface area contributed by atoms with Gasteiger partial charge in [0.25, 0.3) is 0 Å². The average molecular weight is 284 g/mol. The Morgan fingerprint density at radius 3 is 2.20 bits per heavy atom. The Bertz CT molecular complexity index is 245. The lowest BCUT2D eigenvalue weighted by atomic mass is 9.79. The van der Waals surface area contributed by atoms with E-state index in [1.54, 1.807) is 0 Å². The average Bonchev–Trinajstić information content (AvgIpc) is 2.60. The molecule has 0 spiro atoms. The summed E-state index contributed by atoms with van der Waals surface area (Å²) in [6.07, 6.45) is 8.97. The van der Waals surface area contributed by atoms with Gasteiger partial charge in [-0.15, -0.1) is 0 Å². The molecule has 2 N–H and O–H groups in total. The van der Waals surface area contributed by atoms with Gasteiger partial charge in [0.15, 0.2) is 0 Å². The van der Waals surface area contributed by atoms with Gasteiger partial charge in [0.2, 0.25) is 0 Å². The zero-order valence-electron chi connectivity index (χ0n) is 14.1. The van der Waals surface area contributed by atoms with Crippen molar-refractivity contribution in [1.29, 1.82) is 0 Å². The van der Waals surface area contributed by atoms with E-state index in [0.29, 0.717) is 11.5 Å². The number of rotatable bonds is 8. The van der Waals surface area contributed by atoms with Crippen LogP contribution in [-0.4, -0.2) is 48.8 Å². The second-order valence-electron chi connectivity index (χ2n) is 7.33. The van der Waals surface area contributed by atoms with Crippen molar-refractivity contribution < 1.29 is 5.11 Å². The van der Waals surface area contributed by atoms with Gasteiger partial charge in [0, 0.05) is 25.7 Å². The minimum absolute atomic E-state index is 0.184. The molecule has 0 bridgehead atoms. The topological polar surface area (TPSA) is 35.5 Å². The molecule has 1 aliphatic rings. The molecule has 0 heterocycles. The van der Waals surface area contributed by atoms with Gasteiger partial charge in [0.05, 0.1) is 6.10 Å². The molecule has 0 radical (unpaired) electrons. The summed E-state index contributed by atoms with van der Waals surface area (Å²) in [5, 5.41) is 13.1. The number of aliphatic hydroxyl groups excluding tert-OH is 1. The summed E-state index contributed by atoms with van der Waals surface area (Å²) in [6, 6.07) is 0.567. The maximum Gasteiger partial charge on any atom is 0.0524 e. The molecular formula is C17H36N2O. The molecule has 1 saturated carbocycles. The van der Waals surface area contributed by atoms with Crippen LogP contribution in [0.5, 0.6) is 0 Å². The van der Waals surface area contributed by atoms with Crippen molar-refractivity contribution in [3.8, 4) is 0 Å². The Balaban J connectivity index is 2.56. The van der Waals surface area contributed by atoms with Crippen LogP contribution < -0.4 is 5.32 Å². The molecule has 3 heteroatoms. The van der Waals surface area contributed by atoms with E-state index in [4.69, 9.17) is 0 Å². The van der Waals surface area contributed by atoms with Gasteiger partial charge in [-0.25, -0.2) is 0 Å². The molecule has 1 unspecified atom stereocenters. The molecule has 1 fully saturated rings. The van der Waals surface area contributed by atoms with Crippen LogP contribution in [-0.2, 0) is 0 Å². The van der Waals surface area contributed by atoms with E-state index in [2.05, 4.69) is 31.1 Å². The lowest BCUT2D eigenvalue weighted by Gasteiger charge is -2.38. The molecule has 120 valence electrons. The highest BCUT2D eigenvalue weighted by molar-refractivity contribution is 4.87. The Labute approximate surface area is 126 Å². The first-order chi connectivity index (χ1) is 9.43. The van der Waals surface area contributed by atoms with E-state index >= 15 is 0 Å². The number of aliphatic hydroxyl groups is 1. The first kappa shape index (κ1) is 17.9. The van der Waals surface area contributed by atoms with Gasteiger partial charge in [-0.3, -0.25) is 0 Å². The quantitative estimate of drug-likeness (QED) is 0.673. The summed E-state index contributed by atoms with van der Waals surface area (Å²) in [4.78, 5) is 2.43. The Kier molecular flexibility index (Phi) is 8.08. The molecule has 0 aromatic carbocycles. The Morgan fingerprint density at radius 1 is 1.10 bits per heavy atom. The maximum absolute atomic E-state index is 9.45. The van der Waals surface area contributed by atoms with Crippen LogP contribution in [0.25, 0.3) is 0 Å². The molecule has 1 rings (SSSR count). The lowest BCUT2D eigenvalue weighted by Crippen LogP contribution is -2.45.